The molecule has 2 heterocycles. The molecule has 3 aliphatic rings. The fourth-order valence-corrected chi connectivity index (χ4v) is 7.09. The lowest BCUT2D eigenvalue weighted by atomic mass is 9.77. The van der Waals surface area contributed by atoms with Crippen LogP contribution in [0.5, 0.6) is 5.75 Å². The third-order valence-electron chi connectivity index (χ3n) is 9.03. The van der Waals surface area contributed by atoms with Gasteiger partial charge in [0.25, 0.3) is 0 Å². The SMILES string of the molecule is C[C@H](c1ccc2c(C(F)(F)F)c(OC3CCC(C(F)(F)F)CC3)ccc2c1)N1C2CCCC1CC(C(=O)O)C2. The van der Waals surface area contributed by atoms with Crippen molar-refractivity contribution in [2.45, 2.75) is 101 Å². The summed E-state index contributed by atoms with van der Waals surface area (Å²) in [6.45, 7) is 2.02. The van der Waals surface area contributed by atoms with Crippen LogP contribution < -0.4 is 4.74 Å². The summed E-state index contributed by atoms with van der Waals surface area (Å²) in [5.74, 6) is -2.92. The van der Waals surface area contributed by atoms with E-state index in [2.05, 4.69) is 4.90 Å². The lowest BCUT2D eigenvalue weighted by Crippen LogP contribution is -2.53. The Labute approximate surface area is 223 Å². The lowest BCUT2D eigenvalue weighted by Gasteiger charge is -2.51. The van der Waals surface area contributed by atoms with Gasteiger partial charge in [-0.1, -0.05) is 24.6 Å². The first kappa shape index (κ1) is 28.1. The van der Waals surface area contributed by atoms with Crippen LogP contribution in [0.2, 0.25) is 0 Å². The molecule has 0 amide bonds. The summed E-state index contributed by atoms with van der Waals surface area (Å²) in [5.41, 5.74) is -0.0447. The van der Waals surface area contributed by atoms with Gasteiger partial charge in [-0.3, -0.25) is 9.69 Å². The highest BCUT2D eigenvalue weighted by atomic mass is 19.4. The predicted octanol–water partition coefficient (Wildman–Crippen LogP) is 8.14. The van der Waals surface area contributed by atoms with Crippen molar-refractivity contribution < 1.29 is 41.0 Å². The molecule has 0 aromatic heterocycles. The summed E-state index contributed by atoms with van der Waals surface area (Å²) in [4.78, 5) is 14.0. The van der Waals surface area contributed by atoms with Crippen LogP contribution in [0.25, 0.3) is 10.8 Å². The van der Waals surface area contributed by atoms with Crippen molar-refractivity contribution in [3.8, 4) is 5.75 Å². The topological polar surface area (TPSA) is 49.8 Å². The number of piperidine rings is 2. The fraction of sp³-hybridized carbons (Fsp3) is 0.621. The van der Waals surface area contributed by atoms with Crippen LogP contribution >= 0.6 is 0 Å². The number of ether oxygens (including phenoxy) is 1. The van der Waals surface area contributed by atoms with E-state index < -0.39 is 35.9 Å². The minimum Gasteiger partial charge on any atom is -0.490 e. The maximum absolute atomic E-state index is 14.3. The zero-order chi connectivity index (χ0) is 28.1. The normalized spacial score (nSPS) is 29.3. The van der Waals surface area contributed by atoms with Gasteiger partial charge in [-0.25, -0.2) is 0 Å². The van der Waals surface area contributed by atoms with Gasteiger partial charge in [0, 0.05) is 18.1 Å². The second kappa shape index (κ2) is 10.5. The standard InChI is InChI=1S/C29H33F6NO3/c1-16(36-21-3-2-4-22(36)15-19(14-21)27(37)38)17-5-11-24-18(13-17)6-12-25(26(24)29(33,34)35)39-23-9-7-20(8-10-23)28(30,31)32/h5-6,11-13,16,19-23H,2-4,7-10,14-15H2,1H3,(H,37,38)/t16-,19?,20?,21?,22?,23?/m1/s1. The number of fused-ring (bicyclic) bond motifs is 3. The van der Waals surface area contributed by atoms with Gasteiger partial charge in [0.1, 0.15) is 11.3 Å². The molecule has 1 N–H and O–H groups in total. The number of carboxylic acid groups (broad SMARTS) is 1. The highest BCUT2D eigenvalue weighted by Gasteiger charge is 2.44. The van der Waals surface area contributed by atoms with Gasteiger partial charge in [-0.05, 0) is 86.8 Å². The van der Waals surface area contributed by atoms with E-state index in [1.165, 1.54) is 12.1 Å². The molecule has 2 saturated heterocycles. The number of carboxylic acids is 1. The Morgan fingerprint density at radius 1 is 0.949 bits per heavy atom. The smallest absolute Gasteiger partial charge is 0.420 e. The number of hydrogen-bond donors (Lipinski definition) is 1. The zero-order valence-electron chi connectivity index (χ0n) is 21.7. The third kappa shape index (κ3) is 5.72. The molecule has 2 aliphatic heterocycles. The van der Waals surface area contributed by atoms with Crippen molar-refractivity contribution in [1.82, 2.24) is 4.90 Å². The van der Waals surface area contributed by atoms with E-state index in [0.717, 1.165) is 24.8 Å². The van der Waals surface area contributed by atoms with Crippen molar-refractivity contribution in [2.75, 3.05) is 0 Å². The quantitative estimate of drug-likeness (QED) is 0.377. The van der Waals surface area contributed by atoms with Crippen LogP contribution in [0.15, 0.2) is 30.3 Å². The summed E-state index contributed by atoms with van der Waals surface area (Å²) in [6, 6.07) is 7.92. The number of rotatable bonds is 5. The van der Waals surface area contributed by atoms with Crippen molar-refractivity contribution in [3.05, 3.63) is 41.5 Å². The van der Waals surface area contributed by atoms with E-state index >= 15 is 0 Å². The van der Waals surface area contributed by atoms with Crippen LogP contribution in [-0.4, -0.2) is 40.3 Å². The van der Waals surface area contributed by atoms with Gasteiger partial charge in [-0.2, -0.15) is 26.3 Å². The predicted molar refractivity (Wildman–Crippen MR) is 133 cm³/mol. The van der Waals surface area contributed by atoms with Gasteiger partial charge in [0.05, 0.1) is 17.9 Å². The van der Waals surface area contributed by atoms with E-state index in [4.69, 9.17) is 4.74 Å². The second-order valence-corrected chi connectivity index (χ2v) is 11.4. The molecular weight excluding hydrogens is 524 g/mol. The largest absolute Gasteiger partial charge is 0.490 e. The molecule has 0 radical (unpaired) electrons. The number of alkyl halides is 6. The first-order chi connectivity index (χ1) is 18.3. The molecule has 3 fully saturated rings. The molecule has 5 rings (SSSR count). The number of nitrogens with zero attached hydrogens (tertiary/aromatic N) is 1. The van der Waals surface area contributed by atoms with Crippen molar-refractivity contribution in [2.24, 2.45) is 11.8 Å². The monoisotopic (exact) mass is 557 g/mol. The van der Waals surface area contributed by atoms with Crippen molar-refractivity contribution in [3.63, 3.8) is 0 Å². The molecule has 2 bridgehead atoms. The maximum Gasteiger partial charge on any atom is 0.420 e. The number of carbonyl (C=O) groups is 1. The summed E-state index contributed by atoms with van der Waals surface area (Å²) >= 11 is 0. The van der Waals surface area contributed by atoms with Crippen LogP contribution in [0.4, 0.5) is 26.3 Å². The summed E-state index contributed by atoms with van der Waals surface area (Å²) in [7, 11) is 0. The Balaban J connectivity index is 1.40. The molecule has 2 aromatic rings. The minimum atomic E-state index is -4.71. The Kier molecular flexibility index (Phi) is 7.54. The maximum atomic E-state index is 14.3. The molecular formula is C29H33F6NO3. The highest BCUT2D eigenvalue weighted by Crippen LogP contribution is 2.46. The van der Waals surface area contributed by atoms with Gasteiger partial charge in [0.2, 0.25) is 0 Å². The molecule has 2 aromatic carbocycles. The second-order valence-electron chi connectivity index (χ2n) is 11.4. The van der Waals surface area contributed by atoms with Crippen molar-refractivity contribution in [1.29, 1.82) is 0 Å². The Morgan fingerprint density at radius 2 is 1.59 bits per heavy atom. The van der Waals surface area contributed by atoms with Crippen LogP contribution in [0.1, 0.15) is 81.9 Å². The van der Waals surface area contributed by atoms with E-state index in [9.17, 15) is 36.2 Å². The van der Waals surface area contributed by atoms with Gasteiger partial charge < -0.3 is 9.84 Å². The van der Waals surface area contributed by atoms with E-state index in [-0.39, 0.29) is 60.9 Å². The van der Waals surface area contributed by atoms with Crippen LogP contribution in [-0.2, 0) is 11.0 Å². The van der Waals surface area contributed by atoms with E-state index in [1.807, 2.05) is 6.92 Å². The summed E-state index contributed by atoms with van der Waals surface area (Å²) in [5, 5.41) is 9.95. The molecule has 1 aliphatic carbocycles. The Morgan fingerprint density at radius 3 is 2.15 bits per heavy atom. The number of aliphatic carboxylic acids is 1. The molecule has 1 saturated carbocycles. The van der Waals surface area contributed by atoms with Gasteiger partial charge >= 0.3 is 18.3 Å². The van der Waals surface area contributed by atoms with Crippen molar-refractivity contribution >= 4 is 16.7 Å². The molecule has 4 nitrogen and oxygen atoms in total. The summed E-state index contributed by atoms with van der Waals surface area (Å²) < 4.78 is 87.5. The average molecular weight is 558 g/mol. The first-order valence-electron chi connectivity index (χ1n) is 13.7. The average Bonchev–Trinajstić information content (AvgIpc) is 2.86. The molecule has 2 unspecified atom stereocenters. The number of benzene rings is 2. The van der Waals surface area contributed by atoms with E-state index in [1.54, 1.807) is 18.2 Å². The number of halogens is 6. The Bertz CT molecular complexity index is 1190. The van der Waals surface area contributed by atoms with Gasteiger partial charge in [-0.15, -0.1) is 0 Å². The van der Waals surface area contributed by atoms with Gasteiger partial charge in [0.15, 0.2) is 0 Å². The molecule has 10 heteroatoms. The fourth-order valence-electron chi connectivity index (χ4n) is 7.09. The zero-order valence-corrected chi connectivity index (χ0v) is 21.7. The Hall–Kier alpha value is -2.49. The van der Waals surface area contributed by atoms with E-state index in [0.29, 0.717) is 18.2 Å². The minimum absolute atomic E-state index is 0.00953. The van der Waals surface area contributed by atoms with Crippen LogP contribution in [0.3, 0.4) is 0 Å². The first-order valence-corrected chi connectivity index (χ1v) is 13.7. The van der Waals surface area contributed by atoms with Crippen LogP contribution in [0, 0.1) is 11.8 Å². The molecule has 3 atom stereocenters. The summed E-state index contributed by atoms with van der Waals surface area (Å²) in [6.07, 6.45) is -5.91. The lowest BCUT2D eigenvalue weighted by molar-refractivity contribution is -0.185. The highest BCUT2D eigenvalue weighted by molar-refractivity contribution is 5.89. The number of hydrogen-bond acceptors (Lipinski definition) is 3. The molecule has 214 valence electrons. The molecule has 39 heavy (non-hydrogen) atoms. The molecule has 0 spiro atoms. The third-order valence-corrected chi connectivity index (χ3v) is 9.03.